The smallest absolute Gasteiger partial charge is 0.00180 e. The van der Waals surface area contributed by atoms with Gasteiger partial charge < -0.3 is 5.32 Å². The number of hydrogen-bond acceptors (Lipinski definition) is 1. The van der Waals surface area contributed by atoms with Gasteiger partial charge in [-0.2, -0.15) is 0 Å². The maximum Gasteiger partial charge on any atom is -0.00180 e. The van der Waals surface area contributed by atoms with Crippen molar-refractivity contribution in [3.8, 4) is 0 Å². The van der Waals surface area contributed by atoms with Gasteiger partial charge in [0.2, 0.25) is 0 Å². The summed E-state index contributed by atoms with van der Waals surface area (Å²) in [6.45, 7) is 11.7. The van der Waals surface area contributed by atoms with E-state index >= 15 is 0 Å². The predicted octanol–water partition coefficient (Wildman–Crippen LogP) is 4.23. The van der Waals surface area contributed by atoms with Crippen molar-refractivity contribution in [1.82, 2.24) is 5.32 Å². The molecule has 0 aromatic heterocycles. The van der Waals surface area contributed by atoms with Crippen LogP contribution in [0.1, 0.15) is 66.2 Å². The van der Waals surface area contributed by atoms with Crippen molar-refractivity contribution < 1.29 is 0 Å². The summed E-state index contributed by atoms with van der Waals surface area (Å²) in [6, 6.07) is 0. The van der Waals surface area contributed by atoms with Crippen LogP contribution in [0.2, 0.25) is 0 Å². The largest absolute Gasteiger partial charge is 0.317 e. The van der Waals surface area contributed by atoms with Crippen LogP contribution in [0, 0.1) is 17.3 Å². The molecule has 1 saturated carbocycles. The maximum atomic E-state index is 3.56. The third-order valence-corrected chi connectivity index (χ3v) is 3.99. The van der Waals surface area contributed by atoms with Gasteiger partial charge in [-0.05, 0) is 43.2 Å². The Kier molecular flexibility index (Phi) is 5.82. The fourth-order valence-corrected chi connectivity index (χ4v) is 2.88. The summed E-state index contributed by atoms with van der Waals surface area (Å²) in [5, 5.41) is 3.56. The Morgan fingerprint density at radius 1 is 1.19 bits per heavy atom. The summed E-state index contributed by atoms with van der Waals surface area (Å²) >= 11 is 0. The molecule has 0 spiro atoms. The van der Waals surface area contributed by atoms with Gasteiger partial charge in [-0.1, -0.05) is 53.4 Å². The molecule has 96 valence electrons. The summed E-state index contributed by atoms with van der Waals surface area (Å²) in [6.07, 6.45) is 8.72. The van der Waals surface area contributed by atoms with Gasteiger partial charge in [0, 0.05) is 0 Å². The normalized spacial score (nSPS) is 20.2. The second kappa shape index (κ2) is 6.64. The van der Waals surface area contributed by atoms with Gasteiger partial charge >= 0.3 is 0 Å². The van der Waals surface area contributed by atoms with Crippen LogP contribution in [0.15, 0.2) is 0 Å². The maximum absolute atomic E-state index is 3.56. The van der Waals surface area contributed by atoms with Crippen molar-refractivity contribution in [2.24, 2.45) is 17.3 Å². The lowest BCUT2D eigenvalue weighted by Crippen LogP contribution is -2.28. The molecule has 1 unspecified atom stereocenters. The molecule has 0 aromatic carbocycles. The van der Waals surface area contributed by atoms with E-state index in [0.717, 1.165) is 18.4 Å². The molecular formula is C15H31N. The van der Waals surface area contributed by atoms with E-state index < -0.39 is 0 Å². The van der Waals surface area contributed by atoms with E-state index in [0.29, 0.717) is 5.41 Å². The topological polar surface area (TPSA) is 12.0 Å². The van der Waals surface area contributed by atoms with Crippen LogP contribution >= 0.6 is 0 Å². The zero-order chi connectivity index (χ0) is 12.0. The second-order valence-electron chi connectivity index (χ2n) is 6.71. The van der Waals surface area contributed by atoms with Gasteiger partial charge in [-0.25, -0.2) is 0 Å². The van der Waals surface area contributed by atoms with Crippen molar-refractivity contribution >= 4 is 0 Å². The highest BCUT2D eigenvalue weighted by Gasteiger charge is 2.25. The highest BCUT2D eigenvalue weighted by Crippen LogP contribution is 2.35. The Morgan fingerprint density at radius 2 is 1.81 bits per heavy atom. The summed E-state index contributed by atoms with van der Waals surface area (Å²) in [5.41, 5.74) is 0.503. The Labute approximate surface area is 102 Å². The van der Waals surface area contributed by atoms with E-state index in [-0.39, 0.29) is 0 Å². The molecule has 1 aliphatic carbocycles. The zero-order valence-corrected chi connectivity index (χ0v) is 11.8. The molecule has 0 amide bonds. The average Bonchev–Trinajstić information content (AvgIpc) is 2.69. The third-order valence-electron chi connectivity index (χ3n) is 3.99. The van der Waals surface area contributed by atoms with E-state index in [1.807, 2.05) is 0 Å². The first-order chi connectivity index (χ1) is 7.53. The molecule has 1 heteroatoms. The summed E-state index contributed by atoms with van der Waals surface area (Å²) < 4.78 is 0. The van der Waals surface area contributed by atoms with E-state index in [1.54, 1.807) is 0 Å². The minimum absolute atomic E-state index is 0.503. The molecular weight excluding hydrogens is 194 g/mol. The van der Waals surface area contributed by atoms with Crippen molar-refractivity contribution in [2.75, 3.05) is 13.1 Å². The Balaban J connectivity index is 2.36. The van der Waals surface area contributed by atoms with E-state index in [9.17, 15) is 0 Å². The molecule has 0 aromatic rings. The van der Waals surface area contributed by atoms with Gasteiger partial charge in [0.15, 0.2) is 0 Å². The highest BCUT2D eigenvalue weighted by atomic mass is 14.8. The van der Waals surface area contributed by atoms with E-state index in [2.05, 4.69) is 33.0 Å². The molecule has 1 rings (SSSR count). The number of nitrogens with one attached hydrogen (secondary N) is 1. The lowest BCUT2D eigenvalue weighted by Gasteiger charge is -2.27. The van der Waals surface area contributed by atoms with Crippen molar-refractivity contribution in [2.45, 2.75) is 66.2 Å². The van der Waals surface area contributed by atoms with Crippen molar-refractivity contribution in [3.63, 3.8) is 0 Å². The molecule has 1 fully saturated rings. The number of rotatable bonds is 6. The molecule has 1 aliphatic rings. The Morgan fingerprint density at radius 3 is 2.31 bits per heavy atom. The molecule has 0 radical (unpaired) electrons. The van der Waals surface area contributed by atoms with Gasteiger partial charge in [-0.15, -0.1) is 0 Å². The standard InChI is InChI=1S/C15H31N/c1-5-16-12-14(10-11-15(2,3)4)13-8-6-7-9-13/h13-14,16H,5-12H2,1-4H3. The van der Waals surface area contributed by atoms with Crippen LogP contribution < -0.4 is 5.32 Å². The molecule has 1 nitrogen and oxygen atoms in total. The van der Waals surface area contributed by atoms with Gasteiger partial charge in [0.05, 0.1) is 0 Å². The van der Waals surface area contributed by atoms with Crippen molar-refractivity contribution in [3.05, 3.63) is 0 Å². The minimum Gasteiger partial charge on any atom is -0.317 e. The molecule has 0 saturated heterocycles. The molecule has 16 heavy (non-hydrogen) atoms. The highest BCUT2D eigenvalue weighted by molar-refractivity contribution is 4.78. The predicted molar refractivity (Wildman–Crippen MR) is 72.7 cm³/mol. The van der Waals surface area contributed by atoms with Crippen LogP contribution in [0.25, 0.3) is 0 Å². The molecule has 1 N–H and O–H groups in total. The van der Waals surface area contributed by atoms with E-state index in [4.69, 9.17) is 0 Å². The average molecular weight is 225 g/mol. The lowest BCUT2D eigenvalue weighted by molar-refractivity contribution is 0.253. The zero-order valence-electron chi connectivity index (χ0n) is 11.8. The first kappa shape index (κ1) is 14.0. The summed E-state index contributed by atoms with van der Waals surface area (Å²) in [7, 11) is 0. The SMILES string of the molecule is CCNCC(CCC(C)(C)C)C1CCCC1. The monoisotopic (exact) mass is 225 g/mol. The fraction of sp³-hybridized carbons (Fsp3) is 1.00. The van der Waals surface area contributed by atoms with Crippen LogP contribution in [-0.2, 0) is 0 Å². The Hall–Kier alpha value is -0.0400. The summed E-state index contributed by atoms with van der Waals surface area (Å²) in [4.78, 5) is 0. The molecule has 0 heterocycles. The Bertz CT molecular complexity index is 174. The molecule has 0 bridgehead atoms. The summed E-state index contributed by atoms with van der Waals surface area (Å²) in [5.74, 6) is 1.95. The molecule has 0 aliphatic heterocycles. The van der Waals surface area contributed by atoms with Crippen LogP contribution in [0.4, 0.5) is 0 Å². The van der Waals surface area contributed by atoms with Gasteiger partial charge in [0.1, 0.15) is 0 Å². The second-order valence-corrected chi connectivity index (χ2v) is 6.71. The molecule has 1 atom stereocenters. The van der Waals surface area contributed by atoms with Gasteiger partial charge in [-0.3, -0.25) is 0 Å². The lowest BCUT2D eigenvalue weighted by atomic mass is 9.81. The van der Waals surface area contributed by atoms with Crippen LogP contribution in [-0.4, -0.2) is 13.1 Å². The van der Waals surface area contributed by atoms with Crippen LogP contribution in [0.5, 0.6) is 0 Å². The minimum atomic E-state index is 0.503. The van der Waals surface area contributed by atoms with Crippen molar-refractivity contribution in [1.29, 1.82) is 0 Å². The quantitative estimate of drug-likeness (QED) is 0.713. The van der Waals surface area contributed by atoms with Gasteiger partial charge in [0.25, 0.3) is 0 Å². The van der Waals surface area contributed by atoms with E-state index in [1.165, 1.54) is 45.1 Å². The third kappa shape index (κ3) is 5.34. The first-order valence-electron chi connectivity index (χ1n) is 7.23. The number of hydrogen-bond donors (Lipinski definition) is 1. The van der Waals surface area contributed by atoms with Crippen LogP contribution in [0.3, 0.4) is 0 Å². The first-order valence-corrected chi connectivity index (χ1v) is 7.23. The fourth-order valence-electron chi connectivity index (χ4n) is 2.88.